The summed E-state index contributed by atoms with van der Waals surface area (Å²) in [6.45, 7) is 4.60. The van der Waals surface area contributed by atoms with Crippen LogP contribution in [0.3, 0.4) is 0 Å². The third kappa shape index (κ3) is 4.71. The van der Waals surface area contributed by atoms with Crippen LogP contribution in [0.5, 0.6) is 5.75 Å². The van der Waals surface area contributed by atoms with E-state index in [9.17, 15) is 14.0 Å². The quantitative estimate of drug-likeness (QED) is 0.660. The summed E-state index contributed by atoms with van der Waals surface area (Å²) < 4.78 is 19.7. The van der Waals surface area contributed by atoms with E-state index in [1.54, 1.807) is 18.2 Å². The zero-order valence-corrected chi connectivity index (χ0v) is 16.7. The molecule has 3 rings (SSSR count). The number of rotatable bonds is 5. The lowest BCUT2D eigenvalue weighted by molar-refractivity contribution is 0.0633. The third-order valence-electron chi connectivity index (χ3n) is 4.73. The molecule has 1 aliphatic rings. The van der Waals surface area contributed by atoms with E-state index in [1.165, 1.54) is 23.1 Å². The van der Waals surface area contributed by atoms with Crippen LogP contribution in [-0.2, 0) is 0 Å². The average molecular weight is 404 g/mol. The highest BCUT2D eigenvalue weighted by atomic mass is 35.5. The molecule has 1 aliphatic heterocycles. The van der Waals surface area contributed by atoms with Gasteiger partial charge in [0.15, 0.2) is 5.78 Å². The number of piperidine rings is 1. The highest BCUT2D eigenvalue weighted by molar-refractivity contribution is 6.31. The molecule has 0 N–H and O–H groups in total. The molecule has 1 unspecified atom stereocenters. The van der Waals surface area contributed by atoms with E-state index in [4.69, 9.17) is 16.3 Å². The van der Waals surface area contributed by atoms with Crippen LogP contribution >= 0.6 is 11.6 Å². The summed E-state index contributed by atoms with van der Waals surface area (Å²) >= 11 is 5.91. The first-order valence-corrected chi connectivity index (χ1v) is 9.78. The molecule has 28 heavy (non-hydrogen) atoms. The molecule has 0 saturated carbocycles. The lowest BCUT2D eigenvalue weighted by atomic mass is 9.89. The largest absolute Gasteiger partial charge is 0.491 e. The van der Waals surface area contributed by atoms with Gasteiger partial charge in [-0.15, -0.1) is 0 Å². The average Bonchev–Trinajstić information content (AvgIpc) is 2.68. The van der Waals surface area contributed by atoms with Gasteiger partial charge in [0.05, 0.1) is 11.7 Å². The number of halogens is 2. The fourth-order valence-electron chi connectivity index (χ4n) is 3.44. The van der Waals surface area contributed by atoms with Gasteiger partial charge in [-0.25, -0.2) is 4.39 Å². The summed E-state index contributed by atoms with van der Waals surface area (Å²) in [6, 6.07) is 11.0. The topological polar surface area (TPSA) is 46.6 Å². The highest BCUT2D eigenvalue weighted by Gasteiger charge is 2.30. The second-order valence-corrected chi connectivity index (χ2v) is 7.71. The Kier molecular flexibility index (Phi) is 6.35. The van der Waals surface area contributed by atoms with Crippen LogP contribution < -0.4 is 4.74 Å². The number of Topliss-reactive ketones (excluding diaryl/α,β-unsaturated/α-hetero) is 1. The molecule has 0 radical (unpaired) electrons. The van der Waals surface area contributed by atoms with Crippen molar-refractivity contribution in [2.24, 2.45) is 5.92 Å². The Morgan fingerprint density at radius 3 is 2.75 bits per heavy atom. The Morgan fingerprint density at radius 2 is 2.00 bits per heavy atom. The molecular weight excluding hydrogens is 381 g/mol. The zero-order valence-electron chi connectivity index (χ0n) is 16.0. The minimum atomic E-state index is -0.610. The van der Waals surface area contributed by atoms with E-state index in [1.807, 2.05) is 19.9 Å². The van der Waals surface area contributed by atoms with Gasteiger partial charge in [-0.1, -0.05) is 23.7 Å². The van der Waals surface area contributed by atoms with Crippen molar-refractivity contribution in [3.63, 3.8) is 0 Å². The predicted molar refractivity (Wildman–Crippen MR) is 107 cm³/mol. The molecule has 1 amide bonds. The number of likely N-dealkylation sites (tertiary alicyclic amines) is 1. The maximum absolute atomic E-state index is 14.1. The number of carbonyl (C=O) groups excluding carboxylic acids is 2. The van der Waals surface area contributed by atoms with Crippen molar-refractivity contribution in [2.75, 3.05) is 13.1 Å². The number of ether oxygens (including phenoxy) is 1. The molecule has 0 bridgehead atoms. The summed E-state index contributed by atoms with van der Waals surface area (Å²) in [6.07, 6.45) is 1.39. The molecule has 4 nitrogen and oxygen atoms in total. The Morgan fingerprint density at radius 1 is 1.21 bits per heavy atom. The van der Waals surface area contributed by atoms with Crippen molar-refractivity contribution in [1.82, 2.24) is 4.90 Å². The third-order valence-corrected chi connectivity index (χ3v) is 4.96. The molecule has 1 heterocycles. The summed E-state index contributed by atoms with van der Waals surface area (Å²) in [7, 11) is 0. The number of hydrogen-bond acceptors (Lipinski definition) is 3. The van der Waals surface area contributed by atoms with Gasteiger partial charge in [0, 0.05) is 29.6 Å². The van der Waals surface area contributed by atoms with E-state index < -0.39 is 11.7 Å². The van der Waals surface area contributed by atoms with Crippen LogP contribution in [0, 0.1) is 11.7 Å². The molecule has 148 valence electrons. The molecule has 1 fully saturated rings. The number of hydrogen-bond donors (Lipinski definition) is 0. The van der Waals surface area contributed by atoms with Crippen LogP contribution in [0.15, 0.2) is 42.5 Å². The fourth-order valence-corrected chi connectivity index (χ4v) is 3.61. The molecular formula is C22H23ClFNO3. The normalized spacial score (nSPS) is 16.9. The standard InChI is InChI=1S/C22H23ClFNO3/c1-14(2)28-18-7-3-5-15(11-18)21(26)16-6-4-10-25(13-16)22(27)19-12-17(23)8-9-20(19)24/h3,5,7-9,11-12,14,16H,4,6,10,13H2,1-2H3. The number of benzene rings is 2. The van der Waals surface area contributed by atoms with Gasteiger partial charge in [-0.2, -0.15) is 0 Å². The molecule has 0 aromatic heterocycles. The first-order valence-electron chi connectivity index (χ1n) is 9.40. The van der Waals surface area contributed by atoms with Gasteiger partial charge in [0.2, 0.25) is 0 Å². The Balaban J connectivity index is 1.75. The smallest absolute Gasteiger partial charge is 0.256 e. The lowest BCUT2D eigenvalue weighted by Gasteiger charge is -2.32. The van der Waals surface area contributed by atoms with Crippen molar-refractivity contribution in [3.05, 3.63) is 64.4 Å². The SMILES string of the molecule is CC(C)Oc1cccc(C(=O)C2CCCN(C(=O)c3cc(Cl)ccc3F)C2)c1. The maximum Gasteiger partial charge on any atom is 0.256 e. The Bertz CT molecular complexity index is 884. The van der Waals surface area contributed by atoms with E-state index in [-0.39, 0.29) is 29.9 Å². The second-order valence-electron chi connectivity index (χ2n) is 7.27. The number of ketones is 1. The summed E-state index contributed by atoms with van der Waals surface area (Å²) in [5.74, 6) is -0.756. The van der Waals surface area contributed by atoms with Gasteiger partial charge in [0.1, 0.15) is 11.6 Å². The zero-order chi connectivity index (χ0) is 20.3. The van der Waals surface area contributed by atoms with Crippen molar-refractivity contribution >= 4 is 23.3 Å². The van der Waals surface area contributed by atoms with Gasteiger partial charge in [0.25, 0.3) is 5.91 Å². The van der Waals surface area contributed by atoms with Crippen molar-refractivity contribution in [3.8, 4) is 5.75 Å². The number of carbonyl (C=O) groups is 2. The molecule has 0 spiro atoms. The van der Waals surface area contributed by atoms with Crippen molar-refractivity contribution < 1.29 is 18.7 Å². The number of nitrogens with zero attached hydrogens (tertiary/aromatic N) is 1. The maximum atomic E-state index is 14.1. The number of amides is 1. The summed E-state index contributed by atoms with van der Waals surface area (Å²) in [5.41, 5.74) is 0.499. The molecule has 2 aromatic carbocycles. The van der Waals surface area contributed by atoms with Crippen LogP contribution in [-0.4, -0.2) is 35.8 Å². The molecule has 1 atom stereocenters. The fraction of sp³-hybridized carbons (Fsp3) is 0.364. The van der Waals surface area contributed by atoms with E-state index in [2.05, 4.69) is 0 Å². The van der Waals surface area contributed by atoms with Crippen LogP contribution in [0.2, 0.25) is 5.02 Å². The minimum absolute atomic E-state index is 0.0146. The Hall–Kier alpha value is -2.40. The Labute approximate surface area is 169 Å². The minimum Gasteiger partial charge on any atom is -0.491 e. The molecule has 2 aromatic rings. The monoisotopic (exact) mass is 403 g/mol. The summed E-state index contributed by atoms with van der Waals surface area (Å²) in [4.78, 5) is 27.3. The van der Waals surface area contributed by atoms with E-state index in [0.29, 0.717) is 35.7 Å². The predicted octanol–water partition coefficient (Wildman–Crippen LogP) is 5.00. The lowest BCUT2D eigenvalue weighted by Crippen LogP contribution is -2.42. The summed E-state index contributed by atoms with van der Waals surface area (Å²) in [5, 5.41) is 0.302. The van der Waals surface area contributed by atoms with Gasteiger partial charge < -0.3 is 9.64 Å². The van der Waals surface area contributed by atoms with Gasteiger partial charge in [-0.3, -0.25) is 9.59 Å². The van der Waals surface area contributed by atoms with Crippen LogP contribution in [0.1, 0.15) is 47.4 Å². The van der Waals surface area contributed by atoms with Crippen molar-refractivity contribution in [1.29, 1.82) is 0 Å². The van der Waals surface area contributed by atoms with Crippen LogP contribution in [0.4, 0.5) is 4.39 Å². The highest BCUT2D eigenvalue weighted by Crippen LogP contribution is 2.25. The molecule has 6 heteroatoms. The first kappa shape index (κ1) is 20.3. The molecule has 0 aliphatic carbocycles. The second kappa shape index (κ2) is 8.74. The van der Waals surface area contributed by atoms with Crippen molar-refractivity contribution in [2.45, 2.75) is 32.8 Å². The van der Waals surface area contributed by atoms with E-state index in [0.717, 1.165) is 0 Å². The van der Waals surface area contributed by atoms with Gasteiger partial charge in [-0.05, 0) is 57.0 Å². The van der Waals surface area contributed by atoms with Crippen LogP contribution in [0.25, 0.3) is 0 Å². The van der Waals surface area contributed by atoms with Gasteiger partial charge >= 0.3 is 0 Å². The molecule has 1 saturated heterocycles. The first-order chi connectivity index (χ1) is 13.3. The van der Waals surface area contributed by atoms with E-state index >= 15 is 0 Å².